The fraction of sp³-hybridized carbons (Fsp3) is 0.733. The number of rotatable bonds is 13. The van der Waals surface area contributed by atoms with Gasteiger partial charge in [0.15, 0.2) is 0 Å². The predicted octanol–water partition coefficient (Wildman–Crippen LogP) is -2.35. The second kappa shape index (κ2) is 17.0. The Bertz CT molecular complexity index is 336. The molecule has 7 heteroatoms. The van der Waals surface area contributed by atoms with Crippen molar-refractivity contribution in [2.24, 2.45) is 4.99 Å². The number of nitrogens with zero attached hydrogens (tertiary/aromatic N) is 2. The number of hydrogen-bond acceptors (Lipinski definition) is 5. The second-order valence-electron chi connectivity index (χ2n) is 4.82. The molecule has 0 aromatic carbocycles. The van der Waals surface area contributed by atoms with Gasteiger partial charge in [-0.3, -0.25) is 9.69 Å². The van der Waals surface area contributed by atoms with Crippen LogP contribution >= 0.6 is 0 Å². The van der Waals surface area contributed by atoms with E-state index in [4.69, 9.17) is 10.2 Å². The minimum atomic E-state index is -0.916. The Kier molecular flexibility index (Phi) is 18.4. The number of aliphatic hydroxyl groups excluding tert-OH is 1. The van der Waals surface area contributed by atoms with Crippen molar-refractivity contribution in [3.8, 4) is 0 Å². The third kappa shape index (κ3) is 16.0. The van der Waals surface area contributed by atoms with Gasteiger partial charge < -0.3 is 20.3 Å². The Morgan fingerprint density at radius 1 is 1.27 bits per heavy atom. The van der Waals surface area contributed by atoms with Crippen LogP contribution in [-0.4, -0.2) is 59.8 Å². The summed E-state index contributed by atoms with van der Waals surface area (Å²) in [6, 6.07) is 0. The third-order valence-electron chi connectivity index (χ3n) is 2.84. The fourth-order valence-corrected chi connectivity index (χ4v) is 1.76. The SMILES string of the molecule is CCC/C=C/CCC([O-])=NCCN(CCCO)CC(=O)O.[Na+]. The number of aliphatic hydroxyl groups is 1. The summed E-state index contributed by atoms with van der Waals surface area (Å²) in [5, 5.41) is 29.1. The van der Waals surface area contributed by atoms with Gasteiger partial charge in [0, 0.05) is 19.7 Å². The molecule has 0 saturated carbocycles. The van der Waals surface area contributed by atoms with Crippen LogP contribution in [0.5, 0.6) is 0 Å². The van der Waals surface area contributed by atoms with Crippen LogP contribution in [-0.2, 0) is 4.79 Å². The first-order valence-electron chi connectivity index (χ1n) is 7.50. The van der Waals surface area contributed by atoms with Crippen molar-refractivity contribution in [3.05, 3.63) is 12.2 Å². The Labute approximate surface area is 155 Å². The molecule has 0 amide bonds. The molecule has 0 rings (SSSR count). The minimum Gasteiger partial charge on any atom is -0.862 e. The van der Waals surface area contributed by atoms with Crippen LogP contribution in [0.2, 0.25) is 0 Å². The summed E-state index contributed by atoms with van der Waals surface area (Å²) in [7, 11) is 0. The summed E-state index contributed by atoms with van der Waals surface area (Å²) in [6.45, 7) is 3.25. The zero-order valence-electron chi connectivity index (χ0n) is 13.8. The van der Waals surface area contributed by atoms with Gasteiger partial charge in [0.25, 0.3) is 0 Å². The number of carbonyl (C=O) groups is 1. The van der Waals surface area contributed by atoms with Crippen molar-refractivity contribution < 1.29 is 49.7 Å². The van der Waals surface area contributed by atoms with Crippen LogP contribution in [0.3, 0.4) is 0 Å². The number of allylic oxidation sites excluding steroid dienone is 2. The Morgan fingerprint density at radius 3 is 2.55 bits per heavy atom. The first-order valence-corrected chi connectivity index (χ1v) is 7.50. The Balaban J connectivity index is 0. The van der Waals surface area contributed by atoms with Gasteiger partial charge in [-0.2, -0.15) is 0 Å². The number of unbranched alkanes of at least 4 members (excludes halogenated alkanes) is 1. The molecule has 0 aliphatic carbocycles. The smallest absolute Gasteiger partial charge is 0.862 e. The summed E-state index contributed by atoms with van der Waals surface area (Å²) in [5.41, 5.74) is 0. The van der Waals surface area contributed by atoms with Crippen molar-refractivity contribution in [2.75, 3.05) is 32.8 Å². The number of carboxylic acids is 1. The molecule has 0 unspecified atom stereocenters. The minimum absolute atomic E-state index is 0. The molecule has 0 heterocycles. The molecule has 0 saturated heterocycles. The number of aliphatic carboxylic acids is 1. The summed E-state index contributed by atoms with van der Waals surface area (Å²) in [5.74, 6) is -1.06. The average molecular weight is 322 g/mol. The monoisotopic (exact) mass is 322 g/mol. The van der Waals surface area contributed by atoms with Crippen molar-refractivity contribution in [1.82, 2.24) is 4.90 Å². The standard InChI is InChI=1S/C15H28N2O4.Na/c1-2-3-4-5-6-8-14(19)16-9-11-17(10-7-12-18)13-15(20)21;/h4-5,18H,2-3,6-13H2,1H3,(H,16,19)(H,20,21);/q;+1/p-1/b5-4+;. The zero-order valence-corrected chi connectivity index (χ0v) is 15.8. The van der Waals surface area contributed by atoms with E-state index in [0.717, 1.165) is 12.8 Å². The maximum atomic E-state index is 11.5. The molecule has 122 valence electrons. The molecule has 0 aliphatic rings. The van der Waals surface area contributed by atoms with Crippen LogP contribution in [0.1, 0.15) is 39.0 Å². The number of aliphatic imine (C=N–C) groups is 1. The molecule has 0 radical (unpaired) electrons. The third-order valence-corrected chi connectivity index (χ3v) is 2.84. The van der Waals surface area contributed by atoms with Crippen molar-refractivity contribution >= 4 is 11.9 Å². The van der Waals surface area contributed by atoms with E-state index in [1.54, 1.807) is 4.90 Å². The molecule has 0 spiro atoms. The fourth-order valence-electron chi connectivity index (χ4n) is 1.76. The van der Waals surface area contributed by atoms with E-state index in [0.29, 0.717) is 38.9 Å². The second-order valence-corrected chi connectivity index (χ2v) is 4.82. The molecule has 6 nitrogen and oxygen atoms in total. The molecule has 0 aromatic rings. The number of hydrogen-bond donors (Lipinski definition) is 2. The first kappa shape index (κ1) is 23.9. The first-order chi connectivity index (χ1) is 10.1. The van der Waals surface area contributed by atoms with Crippen LogP contribution in [0.25, 0.3) is 0 Å². The maximum absolute atomic E-state index is 11.5. The molecule has 0 aromatic heterocycles. The van der Waals surface area contributed by atoms with Crippen LogP contribution in [0.4, 0.5) is 0 Å². The van der Waals surface area contributed by atoms with Gasteiger partial charge in [-0.15, -0.1) is 0 Å². The molecule has 2 N–H and O–H groups in total. The maximum Gasteiger partial charge on any atom is 1.00 e. The van der Waals surface area contributed by atoms with E-state index in [2.05, 4.69) is 18.0 Å². The van der Waals surface area contributed by atoms with E-state index < -0.39 is 5.97 Å². The van der Waals surface area contributed by atoms with Crippen LogP contribution in [0, 0.1) is 0 Å². The van der Waals surface area contributed by atoms with Gasteiger partial charge in [0.05, 0.1) is 13.1 Å². The van der Waals surface area contributed by atoms with Gasteiger partial charge in [0.1, 0.15) is 0 Å². The molecule has 0 bridgehead atoms. The quantitative estimate of drug-likeness (QED) is 0.171. The molecule has 0 aliphatic heterocycles. The molecule has 0 atom stereocenters. The summed E-state index contributed by atoms with van der Waals surface area (Å²) in [4.78, 5) is 16.3. The van der Waals surface area contributed by atoms with Crippen LogP contribution in [0.15, 0.2) is 17.1 Å². The predicted molar refractivity (Wildman–Crippen MR) is 81.4 cm³/mol. The van der Waals surface area contributed by atoms with Crippen molar-refractivity contribution in [2.45, 2.75) is 39.0 Å². The van der Waals surface area contributed by atoms with Crippen molar-refractivity contribution in [3.63, 3.8) is 0 Å². The summed E-state index contributed by atoms with van der Waals surface area (Å²) >= 11 is 0. The van der Waals surface area contributed by atoms with E-state index in [1.165, 1.54) is 0 Å². The number of carboxylic acid groups (broad SMARTS) is 1. The Hall–Kier alpha value is -0.400. The van der Waals surface area contributed by atoms with E-state index in [1.807, 2.05) is 6.08 Å². The zero-order chi connectivity index (χ0) is 15.9. The van der Waals surface area contributed by atoms with Gasteiger partial charge >= 0.3 is 35.5 Å². The van der Waals surface area contributed by atoms with E-state index in [9.17, 15) is 9.90 Å². The van der Waals surface area contributed by atoms with Gasteiger partial charge in [-0.25, -0.2) is 0 Å². The molecule has 0 fully saturated rings. The summed E-state index contributed by atoms with van der Waals surface area (Å²) in [6.07, 6.45) is 7.80. The summed E-state index contributed by atoms with van der Waals surface area (Å²) < 4.78 is 0. The molecular formula is C15H27N2NaO4. The van der Waals surface area contributed by atoms with Gasteiger partial charge in [-0.05, 0) is 31.6 Å². The molecule has 22 heavy (non-hydrogen) atoms. The average Bonchev–Trinajstić information content (AvgIpc) is 2.43. The largest absolute Gasteiger partial charge is 1.00 e. The topological polar surface area (TPSA) is 96.2 Å². The van der Waals surface area contributed by atoms with Crippen LogP contribution < -0.4 is 34.7 Å². The van der Waals surface area contributed by atoms with Gasteiger partial charge in [0.2, 0.25) is 0 Å². The van der Waals surface area contributed by atoms with Gasteiger partial charge in [-0.1, -0.05) is 25.5 Å². The Morgan fingerprint density at radius 2 is 1.95 bits per heavy atom. The normalized spacial score (nSPS) is 11.9. The van der Waals surface area contributed by atoms with Crippen molar-refractivity contribution in [1.29, 1.82) is 0 Å². The van der Waals surface area contributed by atoms with E-state index >= 15 is 0 Å². The molecular weight excluding hydrogens is 295 g/mol. The van der Waals surface area contributed by atoms with E-state index in [-0.39, 0.29) is 48.6 Å².